The van der Waals surface area contributed by atoms with Gasteiger partial charge in [-0.3, -0.25) is 0 Å². The lowest BCUT2D eigenvalue weighted by Gasteiger charge is -2.29. The van der Waals surface area contributed by atoms with Crippen molar-refractivity contribution in [2.45, 2.75) is 26.2 Å². The summed E-state index contributed by atoms with van der Waals surface area (Å²) in [6.07, 6.45) is 1.43. The summed E-state index contributed by atoms with van der Waals surface area (Å²) in [6, 6.07) is 24.4. The van der Waals surface area contributed by atoms with Crippen LogP contribution in [0.25, 0.3) is 6.08 Å². The Balaban J connectivity index is 1.21. The van der Waals surface area contributed by atoms with Crippen molar-refractivity contribution >= 4 is 18.0 Å². The number of benzene rings is 3. The molecule has 0 aliphatic carbocycles. The molecule has 0 atom stereocenters. The van der Waals surface area contributed by atoms with E-state index in [9.17, 15) is 9.59 Å². The zero-order valence-corrected chi connectivity index (χ0v) is 19.6. The summed E-state index contributed by atoms with van der Waals surface area (Å²) in [4.78, 5) is 24.1. The minimum atomic E-state index is -1.26. The second kappa shape index (κ2) is 10.8. The predicted octanol–water partition coefficient (Wildman–Crippen LogP) is 4.94. The molecule has 0 radical (unpaired) electrons. The van der Waals surface area contributed by atoms with E-state index in [2.05, 4.69) is 0 Å². The van der Waals surface area contributed by atoms with Crippen LogP contribution < -0.4 is 14.2 Å². The van der Waals surface area contributed by atoms with Crippen molar-refractivity contribution in [3.05, 3.63) is 95.6 Å². The fourth-order valence-electron chi connectivity index (χ4n) is 3.30. The third-order valence-corrected chi connectivity index (χ3v) is 5.00. The monoisotopic (exact) mass is 474 g/mol. The van der Waals surface area contributed by atoms with Gasteiger partial charge in [-0.15, -0.1) is 0 Å². The molecule has 0 bridgehead atoms. The molecule has 1 fully saturated rings. The lowest BCUT2D eigenvalue weighted by atomic mass is 10.1. The Morgan fingerprint density at radius 3 is 1.71 bits per heavy atom. The first-order valence-electron chi connectivity index (χ1n) is 11.2. The number of hydrogen-bond donors (Lipinski definition) is 0. The number of hydrogen-bond acceptors (Lipinski definition) is 7. The van der Waals surface area contributed by atoms with Gasteiger partial charge in [-0.1, -0.05) is 42.5 Å². The highest BCUT2D eigenvalue weighted by Gasteiger charge is 2.38. The van der Waals surface area contributed by atoms with Gasteiger partial charge >= 0.3 is 11.9 Å². The van der Waals surface area contributed by atoms with Gasteiger partial charge in [0.2, 0.25) is 0 Å². The van der Waals surface area contributed by atoms with Crippen molar-refractivity contribution in [2.24, 2.45) is 0 Å². The van der Waals surface area contributed by atoms with Crippen LogP contribution in [0.2, 0.25) is 0 Å². The molecule has 7 heteroatoms. The first kappa shape index (κ1) is 23.9. The molecule has 0 N–H and O–H groups in total. The standard InChI is InChI=1S/C28H26O7/c1-28(2)34-26(29)25(27(30)35-28)18-20-8-10-22(11-9-20)31-16-17-32-23-12-14-24(15-13-23)33-19-21-6-4-3-5-7-21/h3-15,18H,16-17,19H2,1-2H3. The van der Waals surface area contributed by atoms with Crippen molar-refractivity contribution in [2.75, 3.05) is 13.2 Å². The van der Waals surface area contributed by atoms with Gasteiger partial charge in [-0.2, -0.15) is 0 Å². The lowest BCUT2D eigenvalue weighted by Crippen LogP contribution is -2.41. The van der Waals surface area contributed by atoms with E-state index in [4.69, 9.17) is 23.7 Å². The van der Waals surface area contributed by atoms with Gasteiger partial charge in [0, 0.05) is 13.8 Å². The molecule has 180 valence electrons. The SMILES string of the molecule is CC1(C)OC(=O)C(=Cc2ccc(OCCOc3ccc(OCc4ccccc4)cc3)cc2)C(=O)O1. The Kier molecular flexibility index (Phi) is 7.35. The van der Waals surface area contributed by atoms with Crippen LogP contribution >= 0.6 is 0 Å². The molecule has 0 aromatic heterocycles. The van der Waals surface area contributed by atoms with E-state index in [1.54, 1.807) is 24.3 Å². The van der Waals surface area contributed by atoms with Gasteiger partial charge in [0.1, 0.15) is 42.6 Å². The Bertz CT molecular complexity index is 1160. The van der Waals surface area contributed by atoms with E-state index < -0.39 is 17.7 Å². The van der Waals surface area contributed by atoms with Gasteiger partial charge in [0.05, 0.1) is 0 Å². The van der Waals surface area contributed by atoms with Crippen LogP contribution in [-0.4, -0.2) is 30.9 Å². The fraction of sp³-hybridized carbons (Fsp3) is 0.214. The first-order valence-corrected chi connectivity index (χ1v) is 11.2. The summed E-state index contributed by atoms with van der Waals surface area (Å²) in [7, 11) is 0. The molecular weight excluding hydrogens is 448 g/mol. The molecule has 3 aromatic rings. The van der Waals surface area contributed by atoms with Crippen LogP contribution in [0, 0.1) is 0 Å². The largest absolute Gasteiger partial charge is 0.490 e. The van der Waals surface area contributed by atoms with Crippen LogP contribution in [0.1, 0.15) is 25.0 Å². The van der Waals surface area contributed by atoms with Gasteiger partial charge in [0.15, 0.2) is 0 Å². The van der Waals surface area contributed by atoms with Crippen LogP contribution in [0.15, 0.2) is 84.4 Å². The second-order valence-corrected chi connectivity index (χ2v) is 8.25. The normalized spacial score (nSPS) is 14.5. The van der Waals surface area contributed by atoms with E-state index in [0.717, 1.165) is 17.1 Å². The number of rotatable bonds is 9. The molecule has 0 amide bonds. The Morgan fingerprint density at radius 1 is 0.686 bits per heavy atom. The highest BCUT2D eigenvalue weighted by atomic mass is 16.7. The Labute approximate surface area is 203 Å². The van der Waals surface area contributed by atoms with Crippen molar-refractivity contribution in [1.29, 1.82) is 0 Å². The zero-order valence-electron chi connectivity index (χ0n) is 19.6. The van der Waals surface area contributed by atoms with Crippen LogP contribution in [0.4, 0.5) is 0 Å². The van der Waals surface area contributed by atoms with Crippen LogP contribution in [0.5, 0.6) is 17.2 Å². The summed E-state index contributed by atoms with van der Waals surface area (Å²) in [5.74, 6) is -0.555. The summed E-state index contributed by atoms with van der Waals surface area (Å²) < 4.78 is 27.4. The molecule has 7 nitrogen and oxygen atoms in total. The topological polar surface area (TPSA) is 80.3 Å². The average Bonchev–Trinajstić information content (AvgIpc) is 2.84. The number of carbonyl (C=O) groups is 2. The van der Waals surface area contributed by atoms with E-state index in [1.165, 1.54) is 19.9 Å². The number of cyclic esters (lactones) is 2. The van der Waals surface area contributed by atoms with Crippen molar-refractivity contribution in [3.63, 3.8) is 0 Å². The van der Waals surface area contributed by atoms with E-state index in [-0.39, 0.29) is 5.57 Å². The fourth-order valence-corrected chi connectivity index (χ4v) is 3.30. The minimum absolute atomic E-state index is 0.150. The second-order valence-electron chi connectivity index (χ2n) is 8.25. The van der Waals surface area contributed by atoms with Gasteiger partial charge in [-0.25, -0.2) is 9.59 Å². The Hall–Kier alpha value is -4.26. The maximum absolute atomic E-state index is 12.1. The average molecular weight is 475 g/mol. The minimum Gasteiger partial charge on any atom is -0.490 e. The molecule has 1 aliphatic rings. The summed E-state index contributed by atoms with van der Waals surface area (Å²) in [5.41, 5.74) is 1.60. The molecule has 1 aliphatic heterocycles. The van der Waals surface area contributed by atoms with Gasteiger partial charge in [0.25, 0.3) is 5.79 Å². The van der Waals surface area contributed by atoms with E-state index in [0.29, 0.717) is 31.1 Å². The van der Waals surface area contributed by atoms with Crippen LogP contribution in [-0.2, 0) is 25.7 Å². The molecule has 0 saturated carbocycles. The van der Waals surface area contributed by atoms with Gasteiger partial charge < -0.3 is 23.7 Å². The number of carbonyl (C=O) groups excluding carboxylic acids is 2. The maximum Gasteiger partial charge on any atom is 0.348 e. The maximum atomic E-state index is 12.1. The van der Waals surface area contributed by atoms with Crippen LogP contribution in [0.3, 0.4) is 0 Å². The number of esters is 2. The summed E-state index contributed by atoms with van der Waals surface area (Å²) in [5, 5.41) is 0. The molecule has 3 aromatic carbocycles. The highest BCUT2D eigenvalue weighted by Crippen LogP contribution is 2.25. The first-order chi connectivity index (χ1) is 16.9. The van der Waals surface area contributed by atoms with Crippen molar-refractivity contribution < 1.29 is 33.3 Å². The zero-order chi connectivity index (χ0) is 24.7. The molecule has 1 heterocycles. The third kappa shape index (κ3) is 6.86. The van der Waals surface area contributed by atoms with Gasteiger partial charge in [-0.05, 0) is 53.6 Å². The number of ether oxygens (including phenoxy) is 5. The van der Waals surface area contributed by atoms with E-state index >= 15 is 0 Å². The summed E-state index contributed by atoms with van der Waals surface area (Å²) >= 11 is 0. The molecule has 35 heavy (non-hydrogen) atoms. The quantitative estimate of drug-likeness (QED) is 0.188. The molecule has 1 saturated heterocycles. The molecule has 0 spiro atoms. The van der Waals surface area contributed by atoms with Crippen molar-refractivity contribution in [1.82, 2.24) is 0 Å². The molecule has 0 unspecified atom stereocenters. The summed E-state index contributed by atoms with van der Waals surface area (Å²) in [6.45, 7) is 4.24. The lowest BCUT2D eigenvalue weighted by molar-refractivity contribution is -0.222. The highest BCUT2D eigenvalue weighted by molar-refractivity contribution is 6.18. The Morgan fingerprint density at radius 2 is 1.17 bits per heavy atom. The van der Waals surface area contributed by atoms with E-state index in [1.807, 2.05) is 54.6 Å². The smallest absolute Gasteiger partial charge is 0.348 e. The predicted molar refractivity (Wildman–Crippen MR) is 129 cm³/mol. The van der Waals surface area contributed by atoms with Crippen molar-refractivity contribution in [3.8, 4) is 17.2 Å². The molecular formula is C28H26O7. The third-order valence-electron chi connectivity index (χ3n) is 5.00. The molecule has 4 rings (SSSR count).